The number of rotatable bonds is 3. The maximum absolute atomic E-state index is 12.5. The minimum Gasteiger partial charge on any atom is -0.324 e. The summed E-state index contributed by atoms with van der Waals surface area (Å²) in [4.78, 5) is 8.50. The van der Waals surface area contributed by atoms with Crippen LogP contribution in [0.15, 0.2) is 52.5 Å². The number of nitrogen functional groups attached to an aromatic ring is 1. The van der Waals surface area contributed by atoms with Crippen LogP contribution in [0.3, 0.4) is 0 Å². The van der Waals surface area contributed by atoms with E-state index >= 15 is 0 Å². The van der Waals surface area contributed by atoms with E-state index in [9.17, 15) is 8.42 Å². The summed E-state index contributed by atoms with van der Waals surface area (Å²) in [7, 11) is -3.61. The number of nitrogens with two attached hydrogens (primary N) is 1. The number of para-hydroxylation sites is 1. The van der Waals surface area contributed by atoms with Crippen molar-refractivity contribution >= 4 is 27.7 Å². The Kier molecular flexibility index (Phi) is 3.32. The fraction of sp³-hybridized carbons (Fsp3) is 0.0769. The zero-order valence-electron chi connectivity index (χ0n) is 11.0. The van der Waals surface area contributed by atoms with E-state index in [-0.39, 0.29) is 11.4 Å². The van der Waals surface area contributed by atoms with E-state index in [1.54, 1.807) is 42.6 Å². The number of hydrogen-bond acceptors (Lipinski definition) is 6. The summed E-state index contributed by atoms with van der Waals surface area (Å²) in [5.74, 6) is 5.33. The molecule has 108 valence electrons. The second kappa shape index (κ2) is 5.15. The molecule has 1 aromatic heterocycles. The van der Waals surface area contributed by atoms with Crippen LogP contribution >= 0.6 is 0 Å². The van der Waals surface area contributed by atoms with Gasteiger partial charge in [0, 0.05) is 6.20 Å². The van der Waals surface area contributed by atoms with Crippen LogP contribution in [0.1, 0.15) is 5.69 Å². The van der Waals surface area contributed by atoms with E-state index in [2.05, 4.69) is 15.4 Å². The summed E-state index contributed by atoms with van der Waals surface area (Å²) in [6.45, 7) is 0.0929. The van der Waals surface area contributed by atoms with E-state index in [1.165, 1.54) is 6.34 Å². The number of sulfonamides is 1. The maximum atomic E-state index is 12.5. The minimum absolute atomic E-state index is 0.0929. The molecule has 0 radical (unpaired) electrons. The van der Waals surface area contributed by atoms with Crippen LogP contribution in [0, 0.1) is 0 Å². The number of aromatic nitrogens is 1. The largest absolute Gasteiger partial charge is 0.324 e. The molecule has 0 unspecified atom stereocenters. The molecule has 3 N–H and O–H groups in total. The van der Waals surface area contributed by atoms with Gasteiger partial charge in [-0.25, -0.2) is 13.4 Å². The van der Waals surface area contributed by atoms with Crippen LogP contribution in [0.25, 0.3) is 0 Å². The number of benzene rings is 1. The molecule has 0 fully saturated rings. The lowest BCUT2D eigenvalue weighted by Gasteiger charge is -2.23. The number of fused-ring (bicyclic) bond motifs is 1. The third kappa shape index (κ3) is 2.46. The van der Waals surface area contributed by atoms with Crippen molar-refractivity contribution in [3.05, 3.63) is 48.3 Å². The average molecular weight is 303 g/mol. The Morgan fingerprint density at radius 1 is 1.24 bits per heavy atom. The Bertz CT molecular complexity index is 804. The Labute approximate surface area is 122 Å². The van der Waals surface area contributed by atoms with Crippen molar-refractivity contribution in [3.63, 3.8) is 0 Å². The summed E-state index contributed by atoms with van der Waals surface area (Å²) in [6, 6.07) is 10.0. The average Bonchev–Trinajstić information content (AvgIpc) is 2.51. The number of aliphatic imine (C=N–C) groups is 1. The Hall–Kier alpha value is -2.45. The van der Waals surface area contributed by atoms with Crippen molar-refractivity contribution in [2.45, 2.75) is 11.4 Å². The number of anilines is 1. The first-order valence-electron chi connectivity index (χ1n) is 6.18. The molecular weight excluding hydrogens is 290 g/mol. The molecule has 2 heterocycles. The monoisotopic (exact) mass is 303 g/mol. The lowest BCUT2D eigenvalue weighted by molar-refractivity contribution is 0.518. The lowest BCUT2D eigenvalue weighted by Crippen LogP contribution is -2.31. The van der Waals surface area contributed by atoms with Crippen LogP contribution in [0.5, 0.6) is 0 Å². The highest BCUT2D eigenvalue weighted by Gasteiger charge is 2.28. The molecule has 0 aliphatic carbocycles. The van der Waals surface area contributed by atoms with Crippen molar-refractivity contribution in [1.82, 2.24) is 9.29 Å². The molecule has 0 spiro atoms. The molecule has 8 heteroatoms. The molecule has 0 atom stereocenters. The zero-order chi connectivity index (χ0) is 14.9. The van der Waals surface area contributed by atoms with Gasteiger partial charge in [-0.05, 0) is 24.3 Å². The molecule has 1 aromatic carbocycles. The van der Waals surface area contributed by atoms with E-state index in [4.69, 9.17) is 5.84 Å². The second-order valence-corrected chi connectivity index (χ2v) is 6.30. The third-order valence-electron chi connectivity index (χ3n) is 3.08. The van der Waals surface area contributed by atoms with Crippen molar-refractivity contribution in [1.29, 1.82) is 0 Å². The standard InChI is InChI=1S/C13H13N5O2S/c14-17-10-5-6-15-11(7-10)8-18-9-16-12-3-1-2-4-13(12)21(18,19)20/h1-7,9H,8,14H2,(H,15,17). The van der Waals surface area contributed by atoms with E-state index < -0.39 is 10.0 Å². The smallest absolute Gasteiger partial charge is 0.267 e. The van der Waals surface area contributed by atoms with E-state index in [1.807, 2.05) is 0 Å². The highest BCUT2D eigenvalue weighted by molar-refractivity contribution is 7.89. The summed E-state index contributed by atoms with van der Waals surface area (Å²) in [5, 5.41) is 0. The number of hydrogen-bond donors (Lipinski definition) is 2. The van der Waals surface area contributed by atoms with Crippen LogP contribution in [0.2, 0.25) is 0 Å². The van der Waals surface area contributed by atoms with E-state index in [0.29, 0.717) is 17.1 Å². The van der Waals surface area contributed by atoms with Crippen molar-refractivity contribution < 1.29 is 8.42 Å². The number of hydrazine groups is 1. The minimum atomic E-state index is -3.61. The summed E-state index contributed by atoms with van der Waals surface area (Å²) < 4.78 is 26.2. The molecule has 1 aliphatic rings. The summed E-state index contributed by atoms with van der Waals surface area (Å²) in [5.41, 5.74) is 4.17. The molecule has 0 amide bonds. The molecule has 2 aromatic rings. The normalized spacial score (nSPS) is 15.6. The molecule has 0 bridgehead atoms. The Morgan fingerprint density at radius 3 is 2.86 bits per heavy atom. The van der Waals surface area contributed by atoms with Gasteiger partial charge < -0.3 is 5.43 Å². The topological polar surface area (TPSA) is 101 Å². The molecule has 7 nitrogen and oxygen atoms in total. The summed E-state index contributed by atoms with van der Waals surface area (Å²) >= 11 is 0. The third-order valence-corrected chi connectivity index (χ3v) is 4.82. The number of pyridine rings is 1. The molecule has 0 saturated heterocycles. The first kappa shape index (κ1) is 13.5. The van der Waals surface area contributed by atoms with Crippen LogP contribution in [-0.4, -0.2) is 24.0 Å². The van der Waals surface area contributed by atoms with Gasteiger partial charge in [0.05, 0.1) is 23.6 Å². The number of nitrogens with zero attached hydrogens (tertiary/aromatic N) is 3. The molecule has 1 aliphatic heterocycles. The van der Waals surface area contributed by atoms with Gasteiger partial charge in [0.1, 0.15) is 11.2 Å². The van der Waals surface area contributed by atoms with Gasteiger partial charge in [-0.15, -0.1) is 0 Å². The zero-order valence-corrected chi connectivity index (χ0v) is 11.8. The maximum Gasteiger partial charge on any atom is 0.267 e. The van der Waals surface area contributed by atoms with Crippen molar-refractivity contribution in [3.8, 4) is 0 Å². The van der Waals surface area contributed by atoms with Crippen LogP contribution < -0.4 is 11.3 Å². The fourth-order valence-corrected chi connectivity index (χ4v) is 3.40. The first-order chi connectivity index (χ1) is 10.1. The van der Waals surface area contributed by atoms with Gasteiger partial charge in [0.2, 0.25) is 0 Å². The first-order valence-corrected chi connectivity index (χ1v) is 7.62. The number of nitrogens with one attached hydrogen (secondary N) is 1. The van der Waals surface area contributed by atoms with Crippen LogP contribution in [-0.2, 0) is 16.6 Å². The van der Waals surface area contributed by atoms with Gasteiger partial charge in [-0.3, -0.25) is 15.1 Å². The fourth-order valence-electron chi connectivity index (χ4n) is 2.04. The van der Waals surface area contributed by atoms with Gasteiger partial charge in [-0.1, -0.05) is 12.1 Å². The van der Waals surface area contributed by atoms with E-state index in [0.717, 1.165) is 4.31 Å². The molecule has 21 heavy (non-hydrogen) atoms. The molecule has 3 rings (SSSR count). The Balaban J connectivity index is 1.94. The quantitative estimate of drug-likeness (QED) is 0.656. The van der Waals surface area contributed by atoms with Crippen molar-refractivity contribution in [2.75, 3.05) is 5.43 Å². The highest BCUT2D eigenvalue weighted by atomic mass is 32.2. The SMILES string of the molecule is NNc1ccnc(CN2C=Nc3ccccc3S2(=O)=O)c1. The lowest BCUT2D eigenvalue weighted by atomic mass is 10.3. The molecular formula is C13H13N5O2S. The van der Waals surface area contributed by atoms with Crippen LogP contribution in [0.4, 0.5) is 11.4 Å². The second-order valence-electron chi connectivity index (χ2n) is 4.44. The van der Waals surface area contributed by atoms with Gasteiger partial charge >= 0.3 is 0 Å². The van der Waals surface area contributed by atoms with Crippen molar-refractivity contribution in [2.24, 2.45) is 10.8 Å². The summed E-state index contributed by atoms with van der Waals surface area (Å²) in [6.07, 6.45) is 2.87. The van der Waals surface area contributed by atoms with Gasteiger partial charge in [0.15, 0.2) is 0 Å². The highest BCUT2D eigenvalue weighted by Crippen LogP contribution is 2.30. The molecule has 0 saturated carbocycles. The Morgan fingerprint density at radius 2 is 2.05 bits per heavy atom. The van der Waals surface area contributed by atoms with Gasteiger partial charge in [-0.2, -0.15) is 0 Å². The predicted molar refractivity (Wildman–Crippen MR) is 79.4 cm³/mol. The predicted octanol–water partition coefficient (Wildman–Crippen LogP) is 1.23. The van der Waals surface area contributed by atoms with Gasteiger partial charge in [0.25, 0.3) is 10.0 Å².